The van der Waals surface area contributed by atoms with Crippen LogP contribution in [0, 0.1) is 5.92 Å². The summed E-state index contributed by atoms with van der Waals surface area (Å²) in [5.41, 5.74) is 1.22. The molecule has 0 bridgehead atoms. The van der Waals surface area contributed by atoms with E-state index in [4.69, 9.17) is 9.47 Å². The minimum Gasteiger partial charge on any atom is -0.381 e. The highest BCUT2D eigenvalue weighted by Crippen LogP contribution is 2.17. The van der Waals surface area contributed by atoms with Crippen LogP contribution in [-0.2, 0) is 20.9 Å². The van der Waals surface area contributed by atoms with Gasteiger partial charge in [0.05, 0.1) is 19.1 Å². The third-order valence-electron chi connectivity index (χ3n) is 5.05. The fraction of sp³-hybridized carbons (Fsp3) is 0.650. The molecule has 1 aromatic rings. The Balaban J connectivity index is 1.31. The molecule has 2 heterocycles. The van der Waals surface area contributed by atoms with E-state index in [0.717, 1.165) is 65.2 Å². The Bertz CT molecular complexity index is 517. The highest BCUT2D eigenvalue weighted by molar-refractivity contribution is 5.79. The van der Waals surface area contributed by atoms with E-state index >= 15 is 0 Å². The Hall–Kier alpha value is -1.43. The predicted molar refractivity (Wildman–Crippen MR) is 97.3 cm³/mol. The first-order valence-corrected chi connectivity index (χ1v) is 9.53. The zero-order chi connectivity index (χ0) is 17.3. The van der Waals surface area contributed by atoms with Crippen LogP contribution in [0.3, 0.4) is 0 Å². The largest absolute Gasteiger partial charge is 0.381 e. The van der Waals surface area contributed by atoms with Gasteiger partial charge in [0.25, 0.3) is 0 Å². The van der Waals surface area contributed by atoms with Crippen LogP contribution in [-0.4, -0.2) is 68.3 Å². The second-order valence-corrected chi connectivity index (χ2v) is 6.97. The summed E-state index contributed by atoms with van der Waals surface area (Å²) in [4.78, 5) is 17.0. The van der Waals surface area contributed by atoms with Crippen molar-refractivity contribution in [3.05, 3.63) is 35.9 Å². The third-order valence-corrected chi connectivity index (χ3v) is 5.05. The van der Waals surface area contributed by atoms with E-state index in [1.165, 1.54) is 5.56 Å². The summed E-state index contributed by atoms with van der Waals surface area (Å²) in [5, 5.41) is 0. The molecule has 1 atom stereocenters. The summed E-state index contributed by atoms with van der Waals surface area (Å²) < 4.78 is 11.1. The molecule has 2 saturated heterocycles. The first-order valence-electron chi connectivity index (χ1n) is 9.53. The number of ether oxygens (including phenoxy) is 2. The van der Waals surface area contributed by atoms with Crippen LogP contribution < -0.4 is 0 Å². The fourth-order valence-corrected chi connectivity index (χ4v) is 3.56. The van der Waals surface area contributed by atoms with E-state index in [-0.39, 0.29) is 5.92 Å². The summed E-state index contributed by atoms with van der Waals surface area (Å²) in [6.45, 7) is 7.64. The highest BCUT2D eigenvalue weighted by atomic mass is 16.5. The summed E-state index contributed by atoms with van der Waals surface area (Å²) in [7, 11) is 0. The van der Waals surface area contributed by atoms with Crippen molar-refractivity contribution < 1.29 is 14.3 Å². The Morgan fingerprint density at radius 1 is 1.16 bits per heavy atom. The summed E-state index contributed by atoms with van der Waals surface area (Å²) in [5.74, 6) is 0.392. The van der Waals surface area contributed by atoms with Gasteiger partial charge in [-0.1, -0.05) is 30.3 Å². The van der Waals surface area contributed by atoms with Gasteiger partial charge in [0.2, 0.25) is 5.91 Å². The van der Waals surface area contributed by atoms with E-state index in [2.05, 4.69) is 17.0 Å². The minimum atomic E-state index is 0.0953. The van der Waals surface area contributed by atoms with Gasteiger partial charge in [0.1, 0.15) is 0 Å². The molecule has 5 nitrogen and oxygen atoms in total. The number of hydrogen-bond acceptors (Lipinski definition) is 4. The van der Waals surface area contributed by atoms with E-state index in [1.54, 1.807) is 0 Å². The molecule has 25 heavy (non-hydrogen) atoms. The van der Waals surface area contributed by atoms with Gasteiger partial charge in [0.15, 0.2) is 0 Å². The number of carbonyl (C=O) groups is 1. The van der Waals surface area contributed by atoms with E-state index < -0.39 is 0 Å². The summed E-state index contributed by atoms with van der Waals surface area (Å²) >= 11 is 0. The molecule has 0 aromatic heterocycles. The predicted octanol–water partition coefficient (Wildman–Crippen LogP) is 2.16. The number of nitrogens with zero attached hydrogens (tertiary/aromatic N) is 2. The average Bonchev–Trinajstić information content (AvgIpc) is 3.08. The number of carbonyl (C=O) groups excluding carboxylic acids is 1. The molecule has 138 valence electrons. The number of amides is 1. The van der Waals surface area contributed by atoms with Gasteiger partial charge in [0, 0.05) is 39.4 Å². The van der Waals surface area contributed by atoms with Crippen molar-refractivity contribution in [3.8, 4) is 0 Å². The molecule has 0 spiro atoms. The molecule has 3 rings (SSSR count). The third kappa shape index (κ3) is 5.80. The van der Waals surface area contributed by atoms with Gasteiger partial charge < -0.3 is 19.3 Å². The van der Waals surface area contributed by atoms with Gasteiger partial charge in [-0.25, -0.2) is 0 Å². The van der Waals surface area contributed by atoms with Crippen molar-refractivity contribution in [1.29, 1.82) is 0 Å². The van der Waals surface area contributed by atoms with Crippen molar-refractivity contribution in [3.63, 3.8) is 0 Å². The van der Waals surface area contributed by atoms with Gasteiger partial charge >= 0.3 is 0 Å². The van der Waals surface area contributed by atoms with Crippen molar-refractivity contribution >= 4 is 5.91 Å². The first-order chi connectivity index (χ1) is 12.3. The first kappa shape index (κ1) is 18.4. The lowest BCUT2D eigenvalue weighted by molar-refractivity contribution is -0.135. The van der Waals surface area contributed by atoms with Crippen LogP contribution in [0.15, 0.2) is 30.3 Å². The second kappa shape index (κ2) is 9.90. The number of rotatable bonds is 7. The molecule has 2 aliphatic rings. The Kier molecular flexibility index (Phi) is 7.27. The molecule has 1 unspecified atom stereocenters. The lowest BCUT2D eigenvalue weighted by Crippen LogP contribution is -2.39. The van der Waals surface area contributed by atoms with Gasteiger partial charge in [-0.05, 0) is 31.4 Å². The van der Waals surface area contributed by atoms with E-state index in [9.17, 15) is 4.79 Å². The summed E-state index contributed by atoms with van der Waals surface area (Å²) in [6.07, 6.45) is 2.99. The zero-order valence-corrected chi connectivity index (χ0v) is 15.1. The quantitative estimate of drug-likeness (QED) is 0.710. The molecule has 0 aliphatic carbocycles. The van der Waals surface area contributed by atoms with Crippen molar-refractivity contribution in [1.82, 2.24) is 9.80 Å². The van der Waals surface area contributed by atoms with E-state index in [1.807, 2.05) is 23.1 Å². The van der Waals surface area contributed by atoms with Gasteiger partial charge in [-0.3, -0.25) is 4.79 Å². The molecule has 0 saturated carbocycles. The monoisotopic (exact) mass is 346 g/mol. The molecule has 1 aromatic carbocycles. The second-order valence-electron chi connectivity index (χ2n) is 6.97. The number of hydrogen-bond donors (Lipinski definition) is 0. The van der Waals surface area contributed by atoms with Gasteiger partial charge in [-0.2, -0.15) is 0 Å². The maximum absolute atomic E-state index is 12.5. The van der Waals surface area contributed by atoms with Crippen LogP contribution >= 0.6 is 0 Å². The zero-order valence-electron chi connectivity index (χ0n) is 15.1. The maximum atomic E-state index is 12.5. The van der Waals surface area contributed by atoms with Crippen LogP contribution in [0.5, 0.6) is 0 Å². The maximum Gasteiger partial charge on any atom is 0.228 e. The van der Waals surface area contributed by atoms with Crippen molar-refractivity contribution in [2.75, 3.05) is 52.5 Å². The van der Waals surface area contributed by atoms with Crippen LogP contribution in [0.2, 0.25) is 0 Å². The molecular weight excluding hydrogens is 316 g/mol. The minimum absolute atomic E-state index is 0.0953. The topological polar surface area (TPSA) is 42.0 Å². The number of benzene rings is 1. The molecule has 2 aliphatic heterocycles. The molecule has 0 radical (unpaired) electrons. The Morgan fingerprint density at radius 2 is 2.04 bits per heavy atom. The molecule has 2 fully saturated rings. The van der Waals surface area contributed by atoms with Gasteiger partial charge in [-0.15, -0.1) is 0 Å². The lowest BCUT2D eigenvalue weighted by Gasteiger charge is -2.24. The molecule has 1 amide bonds. The average molecular weight is 346 g/mol. The Labute approximate surface area is 150 Å². The van der Waals surface area contributed by atoms with Crippen molar-refractivity contribution in [2.45, 2.75) is 25.9 Å². The van der Waals surface area contributed by atoms with Crippen molar-refractivity contribution in [2.24, 2.45) is 5.92 Å². The smallest absolute Gasteiger partial charge is 0.228 e. The van der Waals surface area contributed by atoms with Crippen LogP contribution in [0.25, 0.3) is 0 Å². The molecule has 0 N–H and O–H groups in total. The van der Waals surface area contributed by atoms with E-state index in [0.29, 0.717) is 19.1 Å². The summed E-state index contributed by atoms with van der Waals surface area (Å²) in [6, 6.07) is 10.3. The van der Waals surface area contributed by atoms with Crippen LogP contribution in [0.4, 0.5) is 0 Å². The highest BCUT2D eigenvalue weighted by Gasteiger charge is 2.28. The standard InChI is InChI=1S/C20H30N2O3/c23-20(19-8-15-25-17-19)22-11-4-9-21(12-13-22)10-5-14-24-16-18-6-2-1-3-7-18/h1-3,6-7,19H,4-5,8-17H2. The molecular formula is C20H30N2O3. The molecule has 5 heteroatoms. The normalized spacial score (nSPS) is 22.1. The SMILES string of the molecule is O=C(C1CCOC1)N1CCCN(CCCOCc2ccccc2)CC1. The van der Waals surface area contributed by atoms with Crippen LogP contribution in [0.1, 0.15) is 24.8 Å². The Morgan fingerprint density at radius 3 is 2.84 bits per heavy atom. The fourth-order valence-electron chi connectivity index (χ4n) is 3.56. The lowest BCUT2D eigenvalue weighted by atomic mass is 10.1.